The molecule has 0 radical (unpaired) electrons. The highest BCUT2D eigenvalue weighted by molar-refractivity contribution is 7.99. The molecule has 0 bridgehead atoms. The molecule has 2 N–H and O–H groups in total. The number of carboxylic acids is 1. The summed E-state index contributed by atoms with van der Waals surface area (Å²) in [5.74, 6) is -2.29. The van der Waals surface area contributed by atoms with Crippen LogP contribution in [0.2, 0.25) is 0 Å². The van der Waals surface area contributed by atoms with E-state index in [0.717, 1.165) is 24.3 Å². The Morgan fingerprint density at radius 3 is 2.26 bits per heavy atom. The number of aliphatic hydroxyl groups is 1. The van der Waals surface area contributed by atoms with E-state index in [1.54, 1.807) is 23.1 Å². The normalized spacial score (nSPS) is 18.4. The van der Waals surface area contributed by atoms with Gasteiger partial charge in [0.15, 0.2) is 0 Å². The number of carbonyl (C=O) groups excluding carboxylic acids is 1. The standard InChI is InChI=1S/C31H35F6N3O5S/c32-30(33,34)27-21(8-10-26(42)39-14-12-38(13-15-39)16-18-45-19-17-41)7-9-25(28(27)31(35,36)37)46-24-6-2-1-5-23(24)40-11-3-4-22(20-40)29(43)44/h1-2,5-10,22,41H,3-4,11-20H2,(H,43,44)/b10-8+. The topological polar surface area (TPSA) is 93.6 Å². The minimum atomic E-state index is -5.39. The minimum Gasteiger partial charge on any atom is -0.481 e. The molecule has 2 aliphatic rings. The molecule has 2 fully saturated rings. The van der Waals surface area contributed by atoms with Gasteiger partial charge in [-0.3, -0.25) is 14.5 Å². The van der Waals surface area contributed by atoms with Crippen molar-refractivity contribution in [2.75, 3.05) is 70.5 Å². The molecule has 0 spiro atoms. The van der Waals surface area contributed by atoms with Crippen molar-refractivity contribution in [1.29, 1.82) is 0 Å². The molecule has 252 valence electrons. The average molecular weight is 676 g/mol. The van der Waals surface area contributed by atoms with Gasteiger partial charge in [0.1, 0.15) is 0 Å². The first-order valence-electron chi connectivity index (χ1n) is 14.7. The van der Waals surface area contributed by atoms with E-state index >= 15 is 0 Å². The molecule has 4 rings (SSSR count). The molecule has 0 saturated carbocycles. The molecular formula is C31H35F6N3O5S. The lowest BCUT2D eigenvalue weighted by Crippen LogP contribution is -2.49. The quantitative estimate of drug-likeness (QED) is 0.187. The van der Waals surface area contributed by atoms with Gasteiger partial charge in [0.25, 0.3) is 0 Å². The number of piperidine rings is 1. The second kappa shape index (κ2) is 15.5. The summed E-state index contributed by atoms with van der Waals surface area (Å²) in [4.78, 5) is 29.1. The van der Waals surface area contributed by atoms with Crippen molar-refractivity contribution in [3.05, 3.63) is 59.2 Å². The second-order valence-electron chi connectivity index (χ2n) is 10.9. The zero-order chi connectivity index (χ0) is 33.5. The number of carbonyl (C=O) groups is 2. The summed E-state index contributed by atoms with van der Waals surface area (Å²) in [5.41, 5.74) is -4.09. The Bertz CT molecular complexity index is 1400. The van der Waals surface area contributed by atoms with Gasteiger partial charge in [0.2, 0.25) is 5.91 Å². The van der Waals surface area contributed by atoms with Gasteiger partial charge in [-0.1, -0.05) is 30.0 Å². The smallest absolute Gasteiger partial charge is 0.418 e. The van der Waals surface area contributed by atoms with Crippen molar-refractivity contribution in [3.63, 3.8) is 0 Å². The van der Waals surface area contributed by atoms with Crippen LogP contribution < -0.4 is 4.90 Å². The van der Waals surface area contributed by atoms with E-state index in [0.29, 0.717) is 63.1 Å². The molecule has 46 heavy (non-hydrogen) atoms. The van der Waals surface area contributed by atoms with E-state index < -0.39 is 51.7 Å². The highest BCUT2D eigenvalue weighted by atomic mass is 32.2. The first kappa shape index (κ1) is 35.6. The highest BCUT2D eigenvalue weighted by Gasteiger charge is 2.46. The minimum absolute atomic E-state index is 0.0973. The fourth-order valence-electron chi connectivity index (χ4n) is 5.55. The third-order valence-electron chi connectivity index (χ3n) is 7.84. The van der Waals surface area contributed by atoms with Crippen LogP contribution >= 0.6 is 11.8 Å². The number of para-hydroxylation sites is 1. The molecule has 0 aromatic heterocycles. The number of piperazine rings is 1. The average Bonchev–Trinajstić information content (AvgIpc) is 3.01. The van der Waals surface area contributed by atoms with E-state index in [-0.39, 0.29) is 37.7 Å². The molecule has 2 aliphatic heterocycles. The first-order valence-corrected chi connectivity index (χ1v) is 15.5. The maximum Gasteiger partial charge on any atom is 0.418 e. The predicted octanol–water partition coefficient (Wildman–Crippen LogP) is 5.34. The van der Waals surface area contributed by atoms with E-state index in [4.69, 9.17) is 9.84 Å². The summed E-state index contributed by atoms with van der Waals surface area (Å²) in [6.07, 6.45) is -8.15. The fourth-order valence-corrected chi connectivity index (χ4v) is 6.69. The highest BCUT2D eigenvalue weighted by Crippen LogP contribution is 2.49. The van der Waals surface area contributed by atoms with Gasteiger partial charge in [0.05, 0.1) is 42.6 Å². The van der Waals surface area contributed by atoms with Gasteiger partial charge in [0, 0.05) is 61.7 Å². The molecule has 2 heterocycles. The van der Waals surface area contributed by atoms with Crippen LogP contribution in [0.4, 0.5) is 32.0 Å². The van der Waals surface area contributed by atoms with Crippen molar-refractivity contribution < 1.29 is 50.9 Å². The summed E-state index contributed by atoms with van der Waals surface area (Å²) >= 11 is 0.531. The van der Waals surface area contributed by atoms with Crippen LogP contribution in [-0.2, 0) is 26.7 Å². The maximum absolute atomic E-state index is 14.5. The van der Waals surface area contributed by atoms with Crippen molar-refractivity contribution >= 4 is 35.4 Å². The van der Waals surface area contributed by atoms with Crippen LogP contribution in [0, 0.1) is 5.92 Å². The van der Waals surface area contributed by atoms with E-state index in [2.05, 4.69) is 0 Å². The lowest BCUT2D eigenvalue weighted by atomic mass is 9.98. The third kappa shape index (κ3) is 9.17. The fraction of sp³-hybridized carbons (Fsp3) is 0.484. The summed E-state index contributed by atoms with van der Waals surface area (Å²) in [6.45, 7) is 3.17. The van der Waals surface area contributed by atoms with Crippen LogP contribution in [0.25, 0.3) is 6.08 Å². The zero-order valence-corrected chi connectivity index (χ0v) is 25.6. The number of amides is 1. The predicted molar refractivity (Wildman–Crippen MR) is 160 cm³/mol. The van der Waals surface area contributed by atoms with E-state index in [1.807, 2.05) is 4.90 Å². The number of halogens is 6. The second-order valence-corrected chi connectivity index (χ2v) is 12.0. The lowest BCUT2D eigenvalue weighted by molar-refractivity contribution is -0.163. The number of rotatable bonds is 11. The number of anilines is 1. The number of hydrogen-bond donors (Lipinski definition) is 2. The van der Waals surface area contributed by atoms with Crippen LogP contribution in [0.1, 0.15) is 29.5 Å². The summed E-state index contributed by atoms with van der Waals surface area (Å²) in [6, 6.07) is 8.18. The molecule has 15 heteroatoms. The molecule has 1 atom stereocenters. The van der Waals surface area contributed by atoms with Crippen LogP contribution in [0.5, 0.6) is 0 Å². The van der Waals surface area contributed by atoms with Crippen LogP contribution in [0.3, 0.4) is 0 Å². The molecule has 8 nitrogen and oxygen atoms in total. The van der Waals surface area contributed by atoms with Crippen LogP contribution in [-0.4, -0.2) is 97.5 Å². The zero-order valence-electron chi connectivity index (χ0n) is 24.8. The van der Waals surface area contributed by atoms with Crippen molar-refractivity contribution in [3.8, 4) is 0 Å². The van der Waals surface area contributed by atoms with E-state index in [1.165, 1.54) is 11.0 Å². The monoisotopic (exact) mass is 675 g/mol. The Hall–Kier alpha value is -3.27. The maximum atomic E-state index is 14.5. The Kier molecular flexibility index (Phi) is 12.0. The molecule has 1 unspecified atom stereocenters. The van der Waals surface area contributed by atoms with Gasteiger partial charge in [-0.05, 0) is 42.7 Å². The molecule has 2 saturated heterocycles. The van der Waals surface area contributed by atoms with Gasteiger partial charge in [-0.25, -0.2) is 0 Å². The number of nitrogens with zero attached hydrogens (tertiary/aromatic N) is 3. The number of carboxylic acid groups (broad SMARTS) is 1. The number of hydrogen-bond acceptors (Lipinski definition) is 7. The Balaban J connectivity index is 1.59. The summed E-state index contributed by atoms with van der Waals surface area (Å²) in [5, 5.41) is 18.2. The van der Waals surface area contributed by atoms with Crippen molar-refractivity contribution in [2.24, 2.45) is 5.92 Å². The molecule has 1 amide bonds. The molecule has 2 aromatic carbocycles. The summed E-state index contributed by atoms with van der Waals surface area (Å²) in [7, 11) is 0. The SMILES string of the molecule is O=C(O)C1CCCN(c2ccccc2Sc2ccc(/C=C/C(=O)N3CCN(CCOCCO)CC3)c(C(F)(F)F)c2C(F)(F)F)C1. The van der Waals surface area contributed by atoms with Gasteiger partial charge in [-0.2, -0.15) is 26.3 Å². The Labute approximate surface area is 266 Å². The molecule has 2 aromatic rings. The van der Waals surface area contributed by atoms with Crippen LogP contribution in [0.15, 0.2) is 52.3 Å². The molecule has 0 aliphatic carbocycles. The third-order valence-corrected chi connectivity index (χ3v) is 8.96. The first-order chi connectivity index (χ1) is 21.8. The van der Waals surface area contributed by atoms with E-state index in [9.17, 15) is 41.0 Å². The number of aliphatic hydroxyl groups excluding tert-OH is 1. The lowest BCUT2D eigenvalue weighted by Gasteiger charge is -2.34. The number of aliphatic carboxylic acids is 1. The number of alkyl halides is 6. The largest absolute Gasteiger partial charge is 0.481 e. The van der Waals surface area contributed by atoms with Crippen molar-refractivity contribution in [1.82, 2.24) is 9.80 Å². The summed E-state index contributed by atoms with van der Waals surface area (Å²) < 4.78 is 91.8. The van der Waals surface area contributed by atoms with Gasteiger partial charge < -0.3 is 24.7 Å². The Morgan fingerprint density at radius 1 is 0.913 bits per heavy atom. The Morgan fingerprint density at radius 2 is 1.61 bits per heavy atom. The van der Waals surface area contributed by atoms with Crippen molar-refractivity contribution in [2.45, 2.75) is 35.0 Å². The number of ether oxygens (including phenoxy) is 1. The molecular weight excluding hydrogens is 640 g/mol. The van der Waals surface area contributed by atoms with Gasteiger partial charge in [-0.15, -0.1) is 0 Å². The van der Waals surface area contributed by atoms with Gasteiger partial charge >= 0.3 is 18.3 Å². The number of benzene rings is 2.